The van der Waals surface area contributed by atoms with Crippen LogP contribution in [-0.2, 0) is 15.0 Å². The number of amides is 2. The molecule has 0 saturated heterocycles. The van der Waals surface area contributed by atoms with Gasteiger partial charge in [-0.2, -0.15) is 5.10 Å². The molecule has 6 heteroatoms. The Morgan fingerprint density at radius 2 is 1.71 bits per heavy atom. The number of hydrazone groups is 1. The maximum atomic E-state index is 11.9. The summed E-state index contributed by atoms with van der Waals surface area (Å²) in [5.74, 6) is -1.59. The van der Waals surface area contributed by atoms with Crippen LogP contribution in [-0.4, -0.2) is 25.1 Å². The fourth-order valence-electron chi connectivity index (χ4n) is 3.38. The zero-order valence-electron chi connectivity index (χ0n) is 16.5. The van der Waals surface area contributed by atoms with Crippen LogP contribution in [0.25, 0.3) is 0 Å². The van der Waals surface area contributed by atoms with Crippen LogP contribution in [0.2, 0.25) is 0 Å². The topological polar surface area (TPSA) is 73.8 Å². The van der Waals surface area contributed by atoms with Crippen LogP contribution in [0, 0.1) is 6.92 Å². The van der Waals surface area contributed by atoms with Crippen molar-refractivity contribution in [3.63, 3.8) is 0 Å². The molecule has 3 rings (SSSR count). The van der Waals surface area contributed by atoms with E-state index in [0.717, 1.165) is 16.9 Å². The average molecular weight is 376 g/mol. The molecule has 1 heterocycles. The van der Waals surface area contributed by atoms with Gasteiger partial charge < -0.3 is 10.2 Å². The Kier molecular flexibility index (Phi) is 5.31. The molecule has 28 heavy (non-hydrogen) atoms. The number of aryl methyl sites for hydroxylation is 1. The Balaban J connectivity index is 1.62. The number of likely N-dealkylation sites (N-methyl/N-ethyl adjacent to an activating group) is 1. The van der Waals surface area contributed by atoms with Gasteiger partial charge in [0.25, 0.3) is 0 Å². The minimum Gasteiger partial charge on any atom is -0.347 e. The first kappa shape index (κ1) is 19.4. The van der Waals surface area contributed by atoms with Crippen molar-refractivity contribution in [3.05, 3.63) is 71.4 Å². The normalized spacial score (nSPS) is 16.3. The van der Waals surface area contributed by atoms with Gasteiger partial charge in [-0.25, -0.2) is 5.43 Å². The van der Waals surface area contributed by atoms with Gasteiger partial charge in [-0.05, 0) is 36.8 Å². The second-order valence-corrected chi connectivity index (χ2v) is 7.29. The summed E-state index contributed by atoms with van der Waals surface area (Å²) in [5, 5.41) is 6.42. The number of hydrogen-bond donors (Lipinski definition) is 2. The van der Waals surface area contributed by atoms with Crippen molar-refractivity contribution in [2.75, 3.05) is 17.3 Å². The van der Waals surface area contributed by atoms with Gasteiger partial charge in [0.05, 0.1) is 0 Å². The Morgan fingerprint density at radius 3 is 2.39 bits per heavy atom. The van der Waals surface area contributed by atoms with Crippen molar-refractivity contribution in [1.82, 2.24) is 5.43 Å². The Hall–Kier alpha value is -3.41. The predicted molar refractivity (Wildman–Crippen MR) is 112 cm³/mol. The van der Waals surface area contributed by atoms with Gasteiger partial charge in [-0.15, -0.1) is 0 Å². The smallest absolute Gasteiger partial charge is 0.329 e. The summed E-state index contributed by atoms with van der Waals surface area (Å²) in [6, 6.07) is 15.4. The number of nitrogens with one attached hydrogen (secondary N) is 2. The highest BCUT2D eigenvalue weighted by molar-refractivity contribution is 6.39. The third-order valence-electron chi connectivity index (χ3n) is 4.93. The quantitative estimate of drug-likeness (QED) is 0.490. The van der Waals surface area contributed by atoms with Crippen molar-refractivity contribution in [1.29, 1.82) is 0 Å². The van der Waals surface area contributed by atoms with Crippen LogP contribution >= 0.6 is 0 Å². The number of anilines is 2. The number of para-hydroxylation sites is 1. The third kappa shape index (κ3) is 3.81. The van der Waals surface area contributed by atoms with Gasteiger partial charge in [-0.1, -0.05) is 49.7 Å². The van der Waals surface area contributed by atoms with E-state index in [2.05, 4.69) is 46.7 Å². The van der Waals surface area contributed by atoms with E-state index in [9.17, 15) is 9.59 Å². The van der Waals surface area contributed by atoms with E-state index in [-0.39, 0.29) is 5.41 Å². The van der Waals surface area contributed by atoms with Crippen LogP contribution < -0.4 is 15.6 Å². The standard InChI is InChI=1S/C22H24N4O2/c1-15-9-11-16(12-10-15)24-20(27)21(28)25-23-14-13-19-22(2,3)17-7-5-6-8-18(17)26(19)4/h5-14H,1-4H3,(H,24,27)(H,25,28)/b19-13-,23-14?. The minimum atomic E-state index is -0.822. The van der Waals surface area contributed by atoms with Crippen LogP contribution in [0.3, 0.4) is 0 Å². The van der Waals surface area contributed by atoms with Crippen LogP contribution in [0.15, 0.2) is 65.4 Å². The van der Waals surface area contributed by atoms with Gasteiger partial charge >= 0.3 is 11.8 Å². The Bertz CT molecular complexity index is 959. The molecule has 0 bridgehead atoms. The molecular formula is C22H24N4O2. The maximum Gasteiger partial charge on any atom is 0.329 e. The molecule has 0 fully saturated rings. The summed E-state index contributed by atoms with van der Waals surface area (Å²) in [4.78, 5) is 25.9. The van der Waals surface area contributed by atoms with Crippen molar-refractivity contribution in [2.24, 2.45) is 5.10 Å². The molecule has 0 aliphatic carbocycles. The number of fused-ring (bicyclic) bond motifs is 1. The van der Waals surface area contributed by atoms with Gasteiger partial charge in [0.1, 0.15) is 0 Å². The van der Waals surface area contributed by atoms with Crippen molar-refractivity contribution < 1.29 is 9.59 Å². The second kappa shape index (κ2) is 7.68. The molecule has 144 valence electrons. The van der Waals surface area contributed by atoms with E-state index < -0.39 is 11.8 Å². The van der Waals surface area contributed by atoms with E-state index >= 15 is 0 Å². The maximum absolute atomic E-state index is 11.9. The van der Waals surface area contributed by atoms with E-state index in [4.69, 9.17) is 0 Å². The Labute approximate surface area is 164 Å². The number of carbonyl (C=O) groups is 2. The first-order chi connectivity index (χ1) is 13.3. The molecule has 0 aromatic heterocycles. The van der Waals surface area contributed by atoms with Gasteiger partial charge in [0, 0.05) is 35.7 Å². The number of benzene rings is 2. The molecule has 0 saturated carbocycles. The molecule has 0 radical (unpaired) electrons. The van der Waals surface area contributed by atoms with Gasteiger partial charge in [0.15, 0.2) is 0 Å². The molecule has 2 aromatic rings. The number of carbonyl (C=O) groups excluding carboxylic acids is 2. The molecule has 1 aliphatic rings. The molecule has 6 nitrogen and oxygen atoms in total. The summed E-state index contributed by atoms with van der Waals surface area (Å²) in [6.45, 7) is 6.23. The lowest BCUT2D eigenvalue weighted by molar-refractivity contribution is -0.136. The summed E-state index contributed by atoms with van der Waals surface area (Å²) in [7, 11) is 2.00. The first-order valence-corrected chi connectivity index (χ1v) is 9.06. The molecule has 2 aromatic carbocycles. The van der Waals surface area contributed by atoms with E-state index in [1.165, 1.54) is 11.8 Å². The van der Waals surface area contributed by atoms with Crippen molar-refractivity contribution >= 4 is 29.4 Å². The number of hydrogen-bond acceptors (Lipinski definition) is 4. The zero-order chi connectivity index (χ0) is 20.3. The third-order valence-corrected chi connectivity index (χ3v) is 4.93. The summed E-state index contributed by atoms with van der Waals surface area (Å²) in [6.07, 6.45) is 3.34. The molecule has 2 amide bonds. The highest BCUT2D eigenvalue weighted by Gasteiger charge is 2.37. The van der Waals surface area contributed by atoms with Crippen LogP contribution in [0.5, 0.6) is 0 Å². The second-order valence-electron chi connectivity index (χ2n) is 7.29. The molecular weight excluding hydrogens is 352 g/mol. The molecule has 2 N–H and O–H groups in total. The highest BCUT2D eigenvalue weighted by atomic mass is 16.2. The zero-order valence-corrected chi connectivity index (χ0v) is 16.5. The molecule has 0 atom stereocenters. The lowest BCUT2D eigenvalue weighted by atomic mass is 9.84. The average Bonchev–Trinajstić information content (AvgIpc) is 2.87. The lowest BCUT2D eigenvalue weighted by Gasteiger charge is -2.23. The Morgan fingerprint density at radius 1 is 1.04 bits per heavy atom. The highest BCUT2D eigenvalue weighted by Crippen LogP contribution is 2.46. The lowest BCUT2D eigenvalue weighted by Crippen LogP contribution is -2.32. The first-order valence-electron chi connectivity index (χ1n) is 9.06. The number of allylic oxidation sites excluding steroid dienone is 2. The monoisotopic (exact) mass is 376 g/mol. The number of rotatable bonds is 3. The van der Waals surface area contributed by atoms with Crippen LogP contribution in [0.1, 0.15) is 25.0 Å². The largest absolute Gasteiger partial charge is 0.347 e. The summed E-state index contributed by atoms with van der Waals surface area (Å²) < 4.78 is 0. The predicted octanol–water partition coefficient (Wildman–Crippen LogP) is 3.35. The molecule has 1 aliphatic heterocycles. The van der Waals surface area contributed by atoms with Crippen molar-refractivity contribution in [2.45, 2.75) is 26.2 Å². The van der Waals surface area contributed by atoms with Crippen molar-refractivity contribution in [3.8, 4) is 0 Å². The summed E-state index contributed by atoms with van der Waals surface area (Å²) in [5.41, 5.74) is 7.14. The summed E-state index contributed by atoms with van der Waals surface area (Å²) >= 11 is 0. The molecule has 0 spiro atoms. The van der Waals surface area contributed by atoms with Gasteiger partial charge in [0.2, 0.25) is 0 Å². The number of nitrogens with zero attached hydrogens (tertiary/aromatic N) is 2. The van der Waals surface area contributed by atoms with E-state index in [1.54, 1.807) is 12.1 Å². The minimum absolute atomic E-state index is 0.176. The van der Waals surface area contributed by atoms with E-state index in [0.29, 0.717) is 5.69 Å². The van der Waals surface area contributed by atoms with Crippen LogP contribution in [0.4, 0.5) is 11.4 Å². The molecule has 0 unspecified atom stereocenters. The van der Waals surface area contributed by atoms with E-state index in [1.807, 2.05) is 44.3 Å². The fraction of sp³-hybridized carbons (Fsp3) is 0.227. The van der Waals surface area contributed by atoms with Gasteiger partial charge in [-0.3, -0.25) is 9.59 Å². The fourth-order valence-corrected chi connectivity index (χ4v) is 3.38. The SMILES string of the molecule is Cc1ccc(NC(=O)C(=O)NN=C/C=C2\N(C)c3ccccc3C2(C)C)cc1.